The van der Waals surface area contributed by atoms with Gasteiger partial charge in [-0.3, -0.25) is 14.3 Å². The number of nitrogens with zero attached hydrogens (tertiary/aromatic N) is 6. The van der Waals surface area contributed by atoms with Crippen LogP contribution in [0.3, 0.4) is 0 Å². The third kappa shape index (κ3) is 4.64. The molecule has 14 heteroatoms. The maximum Gasteiger partial charge on any atom is 0.352 e. The van der Waals surface area contributed by atoms with E-state index in [9.17, 15) is 19.5 Å². The van der Waals surface area contributed by atoms with Crippen molar-refractivity contribution in [1.82, 2.24) is 23.7 Å². The van der Waals surface area contributed by atoms with Gasteiger partial charge in [-0.05, 0) is 80.1 Å². The monoisotopic (exact) mass is 762 g/mol. The van der Waals surface area contributed by atoms with Crippen LogP contribution in [0.5, 0.6) is 11.5 Å². The van der Waals surface area contributed by atoms with Crippen LogP contribution in [-0.4, -0.2) is 47.2 Å². The molecular weight excluding hydrogens is 728 g/mol. The molecule has 0 radical (unpaired) electrons. The number of amides is 2. The zero-order chi connectivity index (χ0) is 37.8. The number of para-hydroxylation sites is 2. The number of aromatic hydroxyl groups is 1. The highest BCUT2D eigenvalue weighted by atomic mass is 35.5. The lowest BCUT2D eigenvalue weighted by Crippen LogP contribution is -2.49. The van der Waals surface area contributed by atoms with Crippen molar-refractivity contribution in [1.29, 1.82) is 0 Å². The fourth-order valence-electron chi connectivity index (χ4n) is 8.90. The number of halogens is 1. The summed E-state index contributed by atoms with van der Waals surface area (Å²) >= 11 is 7.87. The molecule has 0 spiro atoms. The van der Waals surface area contributed by atoms with Crippen LogP contribution >= 0.6 is 22.9 Å². The number of carbonyl (C=O) groups is 2. The fraction of sp³-hybridized carbons (Fsp3) is 0.275. The number of fused-ring (bicyclic) bond motifs is 5. The predicted molar refractivity (Wildman–Crippen MR) is 206 cm³/mol. The summed E-state index contributed by atoms with van der Waals surface area (Å²) in [4.78, 5) is 60.2. The van der Waals surface area contributed by atoms with Gasteiger partial charge in [-0.25, -0.2) is 28.4 Å². The summed E-state index contributed by atoms with van der Waals surface area (Å²) in [5, 5.41) is 18.2. The maximum absolute atomic E-state index is 15.1. The van der Waals surface area contributed by atoms with Crippen molar-refractivity contribution in [2.75, 3.05) is 11.5 Å². The van der Waals surface area contributed by atoms with Crippen LogP contribution in [0.4, 0.5) is 5.82 Å². The topological polar surface area (TPSA) is 134 Å². The van der Waals surface area contributed by atoms with E-state index in [1.807, 2.05) is 38.1 Å². The van der Waals surface area contributed by atoms with Crippen molar-refractivity contribution >= 4 is 50.7 Å². The van der Waals surface area contributed by atoms with Crippen molar-refractivity contribution < 1.29 is 19.4 Å². The number of imide groups is 1. The molecule has 1 aliphatic carbocycles. The Labute approximate surface area is 317 Å². The van der Waals surface area contributed by atoms with Crippen LogP contribution in [0.15, 0.2) is 94.0 Å². The molecule has 0 bridgehead atoms. The maximum atomic E-state index is 15.1. The lowest BCUT2D eigenvalue weighted by Gasteiger charge is -2.47. The number of phenolic OH excluding ortho intramolecular Hbond substituents is 1. The standard InChI is InChI=1S/C40H35ClN6O6S/c1-5-53-30-13-9-12-25(34(30)48)33-24-16-17-44-38(51)45(23-10-7-6-8-11-23)39(52)47(44)29(24)19-27-36(49)46(37(50)40(27,33)3)32-20-28(42-43(32)4)35-21(2)26-18-22(41)14-15-31(26)54-35/h6-16,18,20,27,29,33,48H,5,17,19H2,1-4H3. The normalized spacial score (nSPS) is 22.0. The van der Waals surface area contributed by atoms with E-state index >= 15 is 4.79 Å². The summed E-state index contributed by atoms with van der Waals surface area (Å²) in [6, 6.07) is 20.5. The Morgan fingerprint density at radius 2 is 1.80 bits per heavy atom. The van der Waals surface area contributed by atoms with E-state index in [0.29, 0.717) is 40.0 Å². The summed E-state index contributed by atoms with van der Waals surface area (Å²) in [5.41, 5.74) is 0.611. The Morgan fingerprint density at radius 3 is 2.56 bits per heavy atom. The summed E-state index contributed by atoms with van der Waals surface area (Å²) < 4.78 is 12.3. The lowest BCUT2D eigenvalue weighted by molar-refractivity contribution is -0.129. The molecule has 3 aliphatic rings. The van der Waals surface area contributed by atoms with Gasteiger partial charge in [-0.1, -0.05) is 48.0 Å². The molecule has 4 atom stereocenters. The highest BCUT2D eigenvalue weighted by Gasteiger charge is 2.66. The molecule has 6 aromatic rings. The first-order valence-electron chi connectivity index (χ1n) is 17.7. The second-order valence-corrected chi connectivity index (χ2v) is 15.7. The first kappa shape index (κ1) is 34.1. The first-order chi connectivity index (χ1) is 25.9. The van der Waals surface area contributed by atoms with E-state index in [2.05, 4.69) is 0 Å². The number of anilines is 1. The Bertz CT molecular complexity index is 2720. The lowest BCUT2D eigenvalue weighted by atomic mass is 9.56. The number of carbonyl (C=O) groups excluding carboxylic acids is 2. The van der Waals surface area contributed by atoms with E-state index in [-0.39, 0.29) is 24.5 Å². The quantitative estimate of drug-likeness (QED) is 0.155. The number of phenols is 1. The van der Waals surface area contributed by atoms with Crippen LogP contribution in [0.2, 0.25) is 5.02 Å². The van der Waals surface area contributed by atoms with Crippen molar-refractivity contribution in [3.8, 4) is 27.8 Å². The summed E-state index contributed by atoms with van der Waals surface area (Å²) in [5.74, 6) is -2.30. The van der Waals surface area contributed by atoms with Crippen molar-refractivity contribution in [2.24, 2.45) is 18.4 Å². The first-order valence-corrected chi connectivity index (χ1v) is 18.9. The van der Waals surface area contributed by atoms with Crippen molar-refractivity contribution in [2.45, 2.75) is 45.7 Å². The molecule has 9 rings (SSSR count). The second-order valence-electron chi connectivity index (χ2n) is 14.2. The number of rotatable bonds is 6. The minimum atomic E-state index is -1.40. The van der Waals surface area contributed by atoms with Gasteiger partial charge in [0.15, 0.2) is 11.5 Å². The molecule has 2 amide bonds. The van der Waals surface area contributed by atoms with Gasteiger partial charge in [0.1, 0.15) is 11.5 Å². The molecule has 3 aromatic carbocycles. The SMILES string of the molecule is CCOc1cccc(C2C3=CCn4c(=O)n(-c5ccccc5)c(=O)n4C3CC3C(=O)N(c4cc(-c5sc6ccc(Cl)cc6c5C)nn4C)C(=O)C32C)c1O. The molecule has 2 aliphatic heterocycles. The third-order valence-electron chi connectivity index (χ3n) is 11.4. The van der Waals surface area contributed by atoms with Crippen LogP contribution in [0.1, 0.15) is 43.4 Å². The van der Waals surface area contributed by atoms with Gasteiger partial charge in [0.25, 0.3) is 0 Å². The minimum Gasteiger partial charge on any atom is -0.504 e. The highest BCUT2D eigenvalue weighted by Crippen LogP contribution is 2.62. The van der Waals surface area contributed by atoms with Gasteiger partial charge in [-0.2, -0.15) is 5.10 Å². The number of thiophene rings is 1. The van der Waals surface area contributed by atoms with Gasteiger partial charge in [0.05, 0.1) is 41.1 Å². The average Bonchev–Trinajstić information content (AvgIpc) is 3.83. The Balaban J connectivity index is 1.21. The number of hydrogen-bond acceptors (Lipinski definition) is 8. The van der Waals surface area contributed by atoms with Crippen LogP contribution in [0.25, 0.3) is 26.3 Å². The summed E-state index contributed by atoms with van der Waals surface area (Å²) in [7, 11) is 1.70. The third-order valence-corrected chi connectivity index (χ3v) is 12.9. The Morgan fingerprint density at radius 1 is 1.02 bits per heavy atom. The van der Waals surface area contributed by atoms with Crippen molar-refractivity contribution in [3.63, 3.8) is 0 Å². The number of allylic oxidation sites excluding steroid dienone is 2. The Hall–Kier alpha value is -5.66. The van der Waals surface area contributed by atoms with Crippen LogP contribution < -0.4 is 21.0 Å². The second kappa shape index (κ2) is 12.2. The molecular formula is C40H35ClN6O6S. The minimum absolute atomic E-state index is 0.0551. The van der Waals surface area contributed by atoms with Crippen molar-refractivity contribution in [3.05, 3.63) is 122 Å². The zero-order valence-electron chi connectivity index (χ0n) is 29.8. The number of ether oxygens (including phenoxy) is 1. The van der Waals surface area contributed by atoms with Gasteiger partial charge in [-0.15, -0.1) is 11.3 Å². The van der Waals surface area contributed by atoms with E-state index in [1.165, 1.54) is 14.3 Å². The molecule has 4 unspecified atom stereocenters. The zero-order valence-corrected chi connectivity index (χ0v) is 31.4. The number of hydrogen-bond donors (Lipinski definition) is 1. The molecule has 1 saturated carbocycles. The Kier molecular flexibility index (Phi) is 7.70. The van der Waals surface area contributed by atoms with Gasteiger partial charge in [0, 0.05) is 34.3 Å². The largest absolute Gasteiger partial charge is 0.504 e. The van der Waals surface area contributed by atoms with Gasteiger partial charge < -0.3 is 9.84 Å². The number of benzene rings is 3. The molecule has 3 aromatic heterocycles. The van der Waals surface area contributed by atoms with Crippen LogP contribution in [0, 0.1) is 18.3 Å². The average molecular weight is 763 g/mol. The predicted octanol–water partition coefficient (Wildman–Crippen LogP) is 6.35. The van der Waals surface area contributed by atoms with E-state index in [1.54, 1.807) is 84.6 Å². The number of aryl methyl sites for hydroxylation is 2. The van der Waals surface area contributed by atoms with Crippen LogP contribution in [-0.2, 0) is 23.2 Å². The van der Waals surface area contributed by atoms with E-state index in [0.717, 1.165) is 25.1 Å². The molecule has 2 fully saturated rings. The van der Waals surface area contributed by atoms with Gasteiger partial charge in [0.2, 0.25) is 11.8 Å². The fourth-order valence-corrected chi connectivity index (χ4v) is 10.2. The molecule has 12 nitrogen and oxygen atoms in total. The smallest absolute Gasteiger partial charge is 0.352 e. The number of aromatic nitrogens is 5. The molecule has 5 heterocycles. The molecule has 1 saturated heterocycles. The molecule has 274 valence electrons. The summed E-state index contributed by atoms with van der Waals surface area (Å²) in [6.07, 6.45) is 1.93. The van der Waals surface area contributed by atoms with E-state index in [4.69, 9.17) is 21.4 Å². The van der Waals surface area contributed by atoms with Gasteiger partial charge >= 0.3 is 11.4 Å². The highest BCUT2D eigenvalue weighted by molar-refractivity contribution is 7.22. The summed E-state index contributed by atoms with van der Waals surface area (Å²) in [6.45, 7) is 5.92. The molecule has 1 N–H and O–H groups in total. The molecule has 54 heavy (non-hydrogen) atoms. The van der Waals surface area contributed by atoms with E-state index < -0.39 is 46.5 Å².